The number of halogens is 3. The van der Waals surface area contributed by atoms with Gasteiger partial charge in [-0.15, -0.1) is 0 Å². The summed E-state index contributed by atoms with van der Waals surface area (Å²) < 4.78 is 38.0. The molecule has 0 amide bonds. The number of carbonyl (C=O) groups is 1. The maximum Gasteiger partial charge on any atom is 0.419 e. The third kappa shape index (κ3) is 1.47. The Morgan fingerprint density at radius 1 is 1.44 bits per heavy atom. The number of hydrogen-bond acceptors (Lipinski definition) is 2. The van der Waals surface area contributed by atoms with Gasteiger partial charge in [-0.05, 0) is 18.4 Å². The highest BCUT2D eigenvalue weighted by atomic mass is 19.4. The Hall–Kier alpha value is -1.50. The molecule has 88 valence electrons. The number of H-pyrrole nitrogens is 1. The molecule has 1 atom stereocenters. The molecule has 1 aromatic heterocycles. The largest absolute Gasteiger partial charge is 0.477 e. The summed E-state index contributed by atoms with van der Waals surface area (Å²) >= 11 is 0. The number of aliphatic hydroxyl groups is 1. The summed E-state index contributed by atoms with van der Waals surface area (Å²) in [5.74, 6) is -1.67. The van der Waals surface area contributed by atoms with Gasteiger partial charge in [0, 0.05) is 5.69 Å². The van der Waals surface area contributed by atoms with Gasteiger partial charge in [0.2, 0.25) is 0 Å². The number of aromatic carboxylic acids is 1. The quantitative estimate of drug-likeness (QED) is 0.693. The van der Waals surface area contributed by atoms with E-state index in [0.29, 0.717) is 0 Å². The third-order valence-corrected chi connectivity index (χ3v) is 2.63. The van der Waals surface area contributed by atoms with Crippen molar-refractivity contribution in [2.24, 2.45) is 0 Å². The number of aromatic amines is 1. The molecular weight excluding hydrogens is 227 g/mol. The van der Waals surface area contributed by atoms with Crippen LogP contribution in [0.4, 0.5) is 13.2 Å². The summed E-state index contributed by atoms with van der Waals surface area (Å²) in [4.78, 5) is 12.8. The first-order chi connectivity index (χ1) is 7.32. The topological polar surface area (TPSA) is 73.3 Å². The van der Waals surface area contributed by atoms with Gasteiger partial charge in [0.25, 0.3) is 0 Å². The SMILES string of the molecule is O=C(O)c1[nH]c2c(c1C(F)(F)F)CCC2O. The van der Waals surface area contributed by atoms with Gasteiger partial charge in [-0.25, -0.2) is 4.79 Å². The highest BCUT2D eigenvalue weighted by Gasteiger charge is 2.43. The first-order valence-corrected chi connectivity index (χ1v) is 4.55. The number of carboxylic acid groups (broad SMARTS) is 1. The van der Waals surface area contributed by atoms with E-state index in [1.807, 2.05) is 0 Å². The number of aromatic nitrogens is 1. The molecule has 0 bridgehead atoms. The summed E-state index contributed by atoms with van der Waals surface area (Å²) in [5.41, 5.74) is -2.20. The summed E-state index contributed by atoms with van der Waals surface area (Å²) in [5, 5.41) is 18.0. The lowest BCUT2D eigenvalue weighted by molar-refractivity contribution is -0.138. The molecule has 1 unspecified atom stereocenters. The van der Waals surface area contributed by atoms with Crippen molar-refractivity contribution in [2.75, 3.05) is 0 Å². The fourth-order valence-electron chi connectivity index (χ4n) is 2.00. The van der Waals surface area contributed by atoms with Crippen molar-refractivity contribution in [3.05, 3.63) is 22.5 Å². The van der Waals surface area contributed by atoms with Crippen molar-refractivity contribution < 1.29 is 28.2 Å². The van der Waals surface area contributed by atoms with Crippen LogP contribution in [0.15, 0.2) is 0 Å². The van der Waals surface area contributed by atoms with E-state index in [4.69, 9.17) is 5.11 Å². The smallest absolute Gasteiger partial charge is 0.419 e. The predicted molar refractivity (Wildman–Crippen MR) is 46.0 cm³/mol. The van der Waals surface area contributed by atoms with Crippen LogP contribution < -0.4 is 0 Å². The summed E-state index contributed by atoms with van der Waals surface area (Å²) in [6.45, 7) is 0. The average molecular weight is 235 g/mol. The maximum atomic E-state index is 12.7. The van der Waals surface area contributed by atoms with Crippen molar-refractivity contribution in [1.82, 2.24) is 4.98 Å². The number of fused-ring (bicyclic) bond motifs is 1. The zero-order chi connectivity index (χ0) is 12.1. The van der Waals surface area contributed by atoms with Crippen molar-refractivity contribution in [3.8, 4) is 0 Å². The minimum atomic E-state index is -4.72. The normalized spacial score (nSPS) is 19.9. The highest BCUT2D eigenvalue weighted by Crippen LogP contribution is 2.42. The van der Waals surface area contributed by atoms with Crippen LogP contribution in [0.25, 0.3) is 0 Å². The van der Waals surface area contributed by atoms with E-state index in [1.165, 1.54) is 0 Å². The number of alkyl halides is 3. The second-order valence-corrected chi connectivity index (χ2v) is 3.62. The fourth-order valence-corrected chi connectivity index (χ4v) is 2.00. The number of aliphatic hydroxyl groups excluding tert-OH is 1. The Kier molecular flexibility index (Phi) is 2.23. The zero-order valence-corrected chi connectivity index (χ0v) is 7.93. The van der Waals surface area contributed by atoms with Gasteiger partial charge in [-0.3, -0.25) is 0 Å². The Morgan fingerprint density at radius 3 is 2.56 bits per heavy atom. The molecule has 1 aliphatic carbocycles. The number of hydrogen-bond donors (Lipinski definition) is 3. The molecule has 4 nitrogen and oxygen atoms in total. The predicted octanol–water partition coefficient (Wildman–Crippen LogP) is 1.71. The molecule has 3 N–H and O–H groups in total. The van der Waals surface area contributed by atoms with E-state index in [2.05, 4.69) is 4.98 Å². The lowest BCUT2D eigenvalue weighted by Crippen LogP contribution is -2.13. The Bertz CT molecular complexity index is 450. The van der Waals surface area contributed by atoms with Crippen LogP contribution in [-0.2, 0) is 12.6 Å². The standard InChI is InChI=1S/C9H8F3NO3/c10-9(11,12)5-3-1-2-4(14)6(3)13-7(5)8(15)16/h4,13-14H,1-2H2,(H,15,16). The average Bonchev–Trinajstić information content (AvgIpc) is 2.64. The van der Waals surface area contributed by atoms with Crippen LogP contribution in [0.5, 0.6) is 0 Å². The molecule has 0 saturated heterocycles. The van der Waals surface area contributed by atoms with E-state index in [-0.39, 0.29) is 24.1 Å². The lowest BCUT2D eigenvalue weighted by atomic mass is 10.1. The van der Waals surface area contributed by atoms with Crippen molar-refractivity contribution in [3.63, 3.8) is 0 Å². The van der Waals surface area contributed by atoms with E-state index in [0.717, 1.165) is 0 Å². The number of carboxylic acids is 1. The molecule has 2 rings (SSSR count). The fraction of sp³-hybridized carbons (Fsp3) is 0.444. The Morgan fingerprint density at radius 2 is 2.06 bits per heavy atom. The summed E-state index contributed by atoms with van der Waals surface area (Å²) in [6.07, 6.45) is -5.54. The first kappa shape index (κ1) is 11.0. The molecule has 7 heteroatoms. The summed E-state index contributed by atoms with van der Waals surface area (Å²) in [7, 11) is 0. The van der Waals surface area contributed by atoms with Crippen molar-refractivity contribution in [2.45, 2.75) is 25.1 Å². The molecule has 1 heterocycles. The highest BCUT2D eigenvalue weighted by molar-refractivity contribution is 5.88. The van der Waals surface area contributed by atoms with Crippen molar-refractivity contribution in [1.29, 1.82) is 0 Å². The van der Waals surface area contributed by atoms with Gasteiger partial charge in [-0.2, -0.15) is 13.2 Å². The van der Waals surface area contributed by atoms with Crippen LogP contribution in [0.2, 0.25) is 0 Å². The van der Waals surface area contributed by atoms with Gasteiger partial charge in [0.15, 0.2) is 0 Å². The molecule has 0 fully saturated rings. The molecule has 16 heavy (non-hydrogen) atoms. The number of nitrogens with one attached hydrogen (secondary N) is 1. The monoisotopic (exact) mass is 235 g/mol. The van der Waals surface area contributed by atoms with Crippen LogP contribution in [0.3, 0.4) is 0 Å². The van der Waals surface area contributed by atoms with Gasteiger partial charge in [0.05, 0.1) is 11.7 Å². The first-order valence-electron chi connectivity index (χ1n) is 4.55. The van der Waals surface area contributed by atoms with E-state index < -0.39 is 29.5 Å². The molecule has 0 spiro atoms. The molecular formula is C9H8F3NO3. The van der Waals surface area contributed by atoms with Crippen LogP contribution in [0.1, 0.15) is 39.8 Å². The molecule has 1 aromatic rings. The van der Waals surface area contributed by atoms with Gasteiger partial charge in [0.1, 0.15) is 5.69 Å². The Labute approximate surface area is 87.7 Å². The van der Waals surface area contributed by atoms with Crippen LogP contribution in [0, 0.1) is 0 Å². The second-order valence-electron chi connectivity index (χ2n) is 3.62. The zero-order valence-electron chi connectivity index (χ0n) is 7.93. The maximum absolute atomic E-state index is 12.7. The van der Waals surface area contributed by atoms with Gasteiger partial charge < -0.3 is 15.2 Å². The van der Waals surface area contributed by atoms with Crippen LogP contribution in [-0.4, -0.2) is 21.2 Å². The third-order valence-electron chi connectivity index (χ3n) is 2.63. The summed E-state index contributed by atoms with van der Waals surface area (Å²) in [6, 6.07) is 0. The molecule has 1 aliphatic rings. The lowest BCUT2D eigenvalue weighted by Gasteiger charge is -2.07. The van der Waals surface area contributed by atoms with Gasteiger partial charge >= 0.3 is 12.1 Å². The van der Waals surface area contributed by atoms with E-state index >= 15 is 0 Å². The second kappa shape index (κ2) is 3.24. The van der Waals surface area contributed by atoms with E-state index in [1.54, 1.807) is 0 Å². The molecule has 0 aromatic carbocycles. The van der Waals surface area contributed by atoms with E-state index in [9.17, 15) is 23.1 Å². The minimum Gasteiger partial charge on any atom is -0.477 e. The minimum absolute atomic E-state index is 0.0234. The Balaban J connectivity index is 2.65. The van der Waals surface area contributed by atoms with Crippen molar-refractivity contribution >= 4 is 5.97 Å². The molecule has 0 saturated carbocycles. The van der Waals surface area contributed by atoms with Gasteiger partial charge in [-0.1, -0.05) is 0 Å². The molecule has 0 radical (unpaired) electrons. The van der Waals surface area contributed by atoms with Crippen LogP contribution >= 0.6 is 0 Å². The molecule has 0 aliphatic heterocycles. The number of rotatable bonds is 1.